The highest BCUT2D eigenvalue weighted by Crippen LogP contribution is 2.42. The van der Waals surface area contributed by atoms with Crippen molar-refractivity contribution in [3.63, 3.8) is 0 Å². The summed E-state index contributed by atoms with van der Waals surface area (Å²) < 4.78 is 11.4. The second-order valence-corrected chi connectivity index (χ2v) is 5.30. The van der Waals surface area contributed by atoms with Crippen molar-refractivity contribution < 1.29 is 9.26 Å². The Labute approximate surface area is 118 Å². The maximum atomic E-state index is 6.02. The molecule has 0 amide bonds. The van der Waals surface area contributed by atoms with E-state index in [1.807, 2.05) is 44.1 Å². The van der Waals surface area contributed by atoms with E-state index < -0.39 is 5.60 Å². The Bertz CT molecular complexity index is 675. The molecule has 0 spiro atoms. The molecule has 0 fully saturated rings. The van der Waals surface area contributed by atoms with Crippen molar-refractivity contribution in [3.05, 3.63) is 59.3 Å². The Morgan fingerprint density at radius 3 is 2.70 bits per heavy atom. The first-order valence-electron chi connectivity index (χ1n) is 6.64. The second-order valence-electron chi connectivity index (χ2n) is 5.30. The summed E-state index contributed by atoms with van der Waals surface area (Å²) >= 11 is 0. The van der Waals surface area contributed by atoms with Gasteiger partial charge < -0.3 is 14.2 Å². The van der Waals surface area contributed by atoms with Crippen LogP contribution in [-0.2, 0) is 10.3 Å². The summed E-state index contributed by atoms with van der Waals surface area (Å²) in [4.78, 5) is 1.98. The minimum Gasteiger partial charge on any atom is -0.482 e. The predicted octanol–water partition coefficient (Wildman–Crippen LogP) is 3.49. The van der Waals surface area contributed by atoms with Crippen molar-refractivity contribution in [1.82, 2.24) is 5.16 Å². The molecular weight excluding hydrogens is 252 g/mol. The second kappa shape index (κ2) is 4.40. The van der Waals surface area contributed by atoms with Crippen LogP contribution in [0.4, 0.5) is 5.69 Å². The number of rotatable bonds is 1. The highest BCUT2D eigenvalue weighted by atomic mass is 16.5. The largest absolute Gasteiger partial charge is 0.482 e. The molecule has 0 bridgehead atoms. The van der Waals surface area contributed by atoms with Crippen molar-refractivity contribution in [2.75, 3.05) is 11.9 Å². The number of aryl methyl sites for hydroxylation is 2. The maximum Gasteiger partial charge on any atom is 0.178 e. The van der Waals surface area contributed by atoms with Crippen LogP contribution in [-0.4, -0.2) is 12.2 Å². The average Bonchev–Trinajstić information content (AvgIpc) is 2.75. The standard InChI is InChI=1S/C16H18N2O2/c1-11-7-5-6-8-13(11)16(3)15-14(12(2)20-17-15)18(4)9-10-19-16/h5-10H,1-4H3. The van der Waals surface area contributed by atoms with E-state index in [9.17, 15) is 0 Å². The van der Waals surface area contributed by atoms with Gasteiger partial charge in [0.05, 0.1) is 0 Å². The number of ether oxygens (including phenoxy) is 1. The van der Waals surface area contributed by atoms with Crippen molar-refractivity contribution in [2.24, 2.45) is 0 Å². The van der Waals surface area contributed by atoms with Crippen LogP contribution in [0.5, 0.6) is 0 Å². The zero-order chi connectivity index (χ0) is 14.3. The van der Waals surface area contributed by atoms with Crippen molar-refractivity contribution >= 4 is 5.69 Å². The fourth-order valence-electron chi connectivity index (χ4n) is 2.78. The van der Waals surface area contributed by atoms with Crippen LogP contribution in [0.2, 0.25) is 0 Å². The van der Waals surface area contributed by atoms with Crippen LogP contribution in [0.3, 0.4) is 0 Å². The van der Waals surface area contributed by atoms with E-state index >= 15 is 0 Å². The molecule has 0 aliphatic carbocycles. The first kappa shape index (κ1) is 12.8. The first-order valence-corrected chi connectivity index (χ1v) is 6.64. The monoisotopic (exact) mass is 270 g/mol. The van der Waals surface area contributed by atoms with Gasteiger partial charge in [0.1, 0.15) is 11.9 Å². The summed E-state index contributed by atoms with van der Waals surface area (Å²) in [6, 6.07) is 8.19. The fraction of sp³-hybridized carbons (Fsp3) is 0.312. The lowest BCUT2D eigenvalue weighted by atomic mass is 9.88. The third kappa shape index (κ3) is 1.72. The van der Waals surface area contributed by atoms with Gasteiger partial charge in [0.15, 0.2) is 17.1 Å². The molecule has 1 aliphatic heterocycles. The molecule has 0 N–H and O–H groups in total. The molecule has 1 unspecified atom stereocenters. The van der Waals surface area contributed by atoms with Gasteiger partial charge in [-0.05, 0) is 26.3 Å². The smallest absolute Gasteiger partial charge is 0.178 e. The molecule has 104 valence electrons. The number of hydrogen-bond donors (Lipinski definition) is 0. The number of aromatic nitrogens is 1. The summed E-state index contributed by atoms with van der Waals surface area (Å²) in [5.74, 6) is 0.789. The zero-order valence-electron chi connectivity index (χ0n) is 12.2. The van der Waals surface area contributed by atoms with Crippen LogP contribution in [0.1, 0.15) is 29.5 Å². The molecule has 0 saturated carbocycles. The molecular formula is C16H18N2O2. The van der Waals surface area contributed by atoms with Gasteiger partial charge in [-0.2, -0.15) is 0 Å². The molecule has 2 heterocycles. The van der Waals surface area contributed by atoms with E-state index in [-0.39, 0.29) is 0 Å². The molecule has 0 radical (unpaired) electrons. The quantitative estimate of drug-likeness (QED) is 0.795. The Kier molecular flexibility index (Phi) is 2.82. The number of nitrogens with zero attached hydrogens (tertiary/aromatic N) is 2. The lowest BCUT2D eigenvalue weighted by Gasteiger charge is -2.28. The Hall–Kier alpha value is -2.23. The summed E-state index contributed by atoms with van der Waals surface area (Å²) in [5.41, 5.74) is 3.37. The van der Waals surface area contributed by atoms with Crippen molar-refractivity contribution in [1.29, 1.82) is 0 Å². The summed E-state index contributed by atoms with van der Waals surface area (Å²) in [7, 11) is 1.96. The molecule has 4 heteroatoms. The van der Waals surface area contributed by atoms with E-state index in [0.717, 1.165) is 22.7 Å². The van der Waals surface area contributed by atoms with Gasteiger partial charge in [-0.1, -0.05) is 29.4 Å². The maximum absolute atomic E-state index is 6.02. The van der Waals surface area contributed by atoms with Crippen molar-refractivity contribution in [3.8, 4) is 0 Å². The molecule has 2 aromatic rings. The van der Waals surface area contributed by atoms with Crippen LogP contribution in [0.25, 0.3) is 0 Å². The van der Waals surface area contributed by atoms with E-state index in [2.05, 4.69) is 24.2 Å². The summed E-state index contributed by atoms with van der Waals surface area (Å²) in [5, 5.41) is 4.26. The normalized spacial score (nSPS) is 21.3. The lowest BCUT2D eigenvalue weighted by molar-refractivity contribution is 0.0703. The fourth-order valence-corrected chi connectivity index (χ4v) is 2.78. The van der Waals surface area contributed by atoms with Crippen LogP contribution < -0.4 is 4.90 Å². The Balaban J connectivity index is 2.26. The van der Waals surface area contributed by atoms with Crippen LogP contribution in [0.15, 0.2) is 41.3 Å². The summed E-state index contributed by atoms with van der Waals surface area (Å²) in [6.07, 6.45) is 3.60. The van der Waals surface area contributed by atoms with E-state index in [4.69, 9.17) is 9.26 Å². The van der Waals surface area contributed by atoms with Crippen LogP contribution >= 0.6 is 0 Å². The van der Waals surface area contributed by atoms with E-state index in [1.54, 1.807) is 6.26 Å². The average molecular weight is 270 g/mol. The summed E-state index contributed by atoms with van der Waals surface area (Å²) in [6.45, 7) is 6.02. The number of benzene rings is 1. The van der Waals surface area contributed by atoms with E-state index in [1.165, 1.54) is 5.56 Å². The van der Waals surface area contributed by atoms with Gasteiger partial charge in [0.2, 0.25) is 0 Å². The third-order valence-electron chi connectivity index (χ3n) is 3.88. The van der Waals surface area contributed by atoms with Gasteiger partial charge in [-0.15, -0.1) is 0 Å². The molecule has 1 atom stereocenters. The minimum absolute atomic E-state index is 0.653. The van der Waals surface area contributed by atoms with Crippen LogP contribution in [0, 0.1) is 13.8 Å². The number of anilines is 1. The Morgan fingerprint density at radius 1 is 1.20 bits per heavy atom. The lowest BCUT2D eigenvalue weighted by Crippen LogP contribution is -2.27. The van der Waals surface area contributed by atoms with Gasteiger partial charge in [0.25, 0.3) is 0 Å². The van der Waals surface area contributed by atoms with Gasteiger partial charge >= 0.3 is 0 Å². The number of hydrogen-bond acceptors (Lipinski definition) is 4. The molecule has 20 heavy (non-hydrogen) atoms. The SMILES string of the molecule is Cc1ccccc1C1(C)OC=CN(C)c2c1noc2C. The molecule has 1 aliphatic rings. The van der Waals surface area contributed by atoms with Crippen molar-refractivity contribution in [2.45, 2.75) is 26.4 Å². The van der Waals surface area contributed by atoms with Gasteiger partial charge in [-0.25, -0.2) is 0 Å². The molecule has 1 aromatic heterocycles. The zero-order valence-corrected chi connectivity index (χ0v) is 12.2. The highest BCUT2D eigenvalue weighted by Gasteiger charge is 2.40. The molecule has 4 nitrogen and oxygen atoms in total. The third-order valence-corrected chi connectivity index (χ3v) is 3.88. The van der Waals surface area contributed by atoms with E-state index in [0.29, 0.717) is 0 Å². The number of fused-ring (bicyclic) bond motifs is 1. The Morgan fingerprint density at radius 2 is 1.95 bits per heavy atom. The predicted molar refractivity (Wildman–Crippen MR) is 77.5 cm³/mol. The molecule has 0 saturated heterocycles. The molecule has 3 rings (SSSR count). The topological polar surface area (TPSA) is 38.5 Å². The first-order chi connectivity index (χ1) is 9.54. The van der Waals surface area contributed by atoms with Gasteiger partial charge in [0, 0.05) is 18.8 Å². The minimum atomic E-state index is -0.653. The van der Waals surface area contributed by atoms with Gasteiger partial charge in [-0.3, -0.25) is 0 Å². The molecule has 1 aromatic carbocycles. The highest BCUT2D eigenvalue weighted by molar-refractivity contribution is 5.60.